The fourth-order valence-corrected chi connectivity index (χ4v) is 11.2. The number of hydrogen-bond acceptors (Lipinski definition) is 9. The van der Waals surface area contributed by atoms with Crippen molar-refractivity contribution in [2.24, 2.45) is 69.3 Å². The van der Waals surface area contributed by atoms with E-state index in [9.17, 15) is 0 Å². The van der Waals surface area contributed by atoms with Crippen LogP contribution in [0.3, 0.4) is 0 Å². The smallest absolute Gasteiger partial charge is 0.0637 e. The van der Waals surface area contributed by atoms with E-state index in [-0.39, 0.29) is 11.5 Å². The summed E-state index contributed by atoms with van der Waals surface area (Å²) in [4.78, 5) is 0. The second-order valence-corrected chi connectivity index (χ2v) is 16.6. The maximum atomic E-state index is 7.02. The van der Waals surface area contributed by atoms with Gasteiger partial charge in [0.1, 0.15) is 0 Å². The van der Waals surface area contributed by atoms with Gasteiger partial charge in [-0.15, -0.1) is 0 Å². The fraction of sp³-hybridized carbons (Fsp3) is 1.00. The number of rotatable bonds is 24. The molecule has 9 heteroatoms. The highest BCUT2D eigenvalue weighted by atomic mass is 16.5. The van der Waals surface area contributed by atoms with Crippen LogP contribution < -0.4 is 33.6 Å². The van der Waals surface area contributed by atoms with Crippen LogP contribution in [0.25, 0.3) is 0 Å². The van der Waals surface area contributed by atoms with Crippen LogP contribution in [0, 0.1) is 46.3 Å². The molecule has 0 spiro atoms. The lowest BCUT2D eigenvalue weighted by molar-refractivity contribution is -0.227. The topological polar surface area (TPSA) is 156 Å². The summed E-state index contributed by atoms with van der Waals surface area (Å²) < 4.78 is 20.3. The molecule has 4 fully saturated rings. The van der Waals surface area contributed by atoms with Gasteiger partial charge in [-0.25, -0.2) is 0 Å². The van der Waals surface area contributed by atoms with Crippen LogP contribution in [0.4, 0.5) is 0 Å². The first-order valence-corrected chi connectivity index (χ1v) is 20.4. The summed E-state index contributed by atoms with van der Waals surface area (Å²) in [6.07, 6.45) is 17.0. The first-order valence-electron chi connectivity index (χ1n) is 20.4. The van der Waals surface area contributed by atoms with Gasteiger partial charge >= 0.3 is 0 Å². The van der Waals surface area contributed by atoms with Crippen molar-refractivity contribution < 1.29 is 14.2 Å². The van der Waals surface area contributed by atoms with Crippen molar-refractivity contribution in [2.75, 3.05) is 72.2 Å². The standard InChI is InChI=1S/C39H78N6O3/c1-29(10-4-19-44-21-9-22-45-20-5-15-40)32-11-12-33-37-34(28-36(39(32,33)3)48-25-8-18-43)38(2)14-13-31(46-23-6-16-41)26-30(38)27-35(37)47-24-7-17-42/h29-37,44-45H,4-28,40-43H2,1-3H3/t29-,30?,31-,32-,33+,34+,35-,36+,37?,38?,39?/m1/s1. The van der Waals surface area contributed by atoms with Gasteiger partial charge < -0.3 is 47.8 Å². The van der Waals surface area contributed by atoms with E-state index in [1.165, 1.54) is 51.4 Å². The average Bonchev–Trinajstić information content (AvgIpc) is 3.44. The van der Waals surface area contributed by atoms with Crippen LogP contribution in [-0.2, 0) is 14.2 Å². The summed E-state index contributed by atoms with van der Waals surface area (Å²) in [6.45, 7) is 17.3. The lowest BCUT2D eigenvalue weighted by Gasteiger charge is -2.65. The van der Waals surface area contributed by atoms with E-state index in [1.54, 1.807) is 0 Å². The number of ether oxygens (including phenoxy) is 3. The summed E-state index contributed by atoms with van der Waals surface area (Å²) >= 11 is 0. The molecule has 4 saturated carbocycles. The maximum Gasteiger partial charge on any atom is 0.0637 e. The molecule has 0 amide bonds. The number of fused-ring (bicyclic) bond motifs is 5. The molecule has 10 N–H and O–H groups in total. The second-order valence-electron chi connectivity index (χ2n) is 16.6. The Kier molecular flexibility index (Phi) is 17.4. The third-order valence-electron chi connectivity index (χ3n) is 13.8. The molecule has 9 nitrogen and oxygen atoms in total. The Bertz CT molecular complexity index is 885. The largest absolute Gasteiger partial charge is 0.378 e. The van der Waals surface area contributed by atoms with Crippen LogP contribution in [0.15, 0.2) is 0 Å². The number of nitrogens with one attached hydrogen (secondary N) is 2. The molecule has 0 aromatic rings. The lowest BCUT2D eigenvalue weighted by Crippen LogP contribution is -2.63. The Labute approximate surface area is 294 Å². The van der Waals surface area contributed by atoms with Crippen molar-refractivity contribution in [1.82, 2.24) is 10.6 Å². The molecule has 48 heavy (non-hydrogen) atoms. The van der Waals surface area contributed by atoms with E-state index in [0.29, 0.717) is 72.8 Å². The average molecular weight is 679 g/mol. The molecule has 4 aliphatic carbocycles. The number of hydrogen-bond donors (Lipinski definition) is 6. The normalized spacial score (nSPS) is 36.8. The van der Waals surface area contributed by atoms with Gasteiger partial charge in [0.05, 0.1) is 18.3 Å². The van der Waals surface area contributed by atoms with Crippen molar-refractivity contribution in [3.8, 4) is 0 Å². The molecule has 11 atom stereocenters. The van der Waals surface area contributed by atoms with Crippen molar-refractivity contribution in [2.45, 2.75) is 129 Å². The molecule has 0 aromatic heterocycles. The predicted molar refractivity (Wildman–Crippen MR) is 199 cm³/mol. The number of nitrogens with two attached hydrogens (primary N) is 4. The van der Waals surface area contributed by atoms with Crippen LogP contribution in [0.5, 0.6) is 0 Å². The molecule has 4 aliphatic rings. The van der Waals surface area contributed by atoms with E-state index >= 15 is 0 Å². The van der Waals surface area contributed by atoms with E-state index in [4.69, 9.17) is 37.1 Å². The minimum absolute atomic E-state index is 0.166. The van der Waals surface area contributed by atoms with Crippen molar-refractivity contribution in [3.63, 3.8) is 0 Å². The highest BCUT2D eigenvalue weighted by Gasteiger charge is 2.66. The quantitative estimate of drug-likeness (QED) is 0.0815. The van der Waals surface area contributed by atoms with Crippen LogP contribution in [-0.4, -0.2) is 90.5 Å². The van der Waals surface area contributed by atoms with Gasteiger partial charge in [-0.3, -0.25) is 0 Å². The monoisotopic (exact) mass is 679 g/mol. The minimum atomic E-state index is 0.166. The van der Waals surface area contributed by atoms with Crippen molar-refractivity contribution >= 4 is 0 Å². The SMILES string of the molecule is C[C@H](CCCNCCCNCCCN)[C@H]1CC[C@H]2C3[C@H](OCCCN)CC4C[C@H](OCCCN)CCC4(C)[C@H]3C[C@H](OCCCN)C12C. The van der Waals surface area contributed by atoms with E-state index in [1.807, 2.05) is 0 Å². The second kappa shape index (κ2) is 20.6. The Morgan fingerprint density at radius 3 is 1.98 bits per heavy atom. The molecular weight excluding hydrogens is 600 g/mol. The summed E-state index contributed by atoms with van der Waals surface area (Å²) in [6, 6.07) is 0. The molecule has 0 radical (unpaired) electrons. The summed E-state index contributed by atoms with van der Waals surface area (Å²) in [5, 5.41) is 7.19. The van der Waals surface area contributed by atoms with Gasteiger partial charge in [-0.05, 0) is 183 Å². The zero-order valence-electron chi connectivity index (χ0n) is 31.4. The maximum absolute atomic E-state index is 7.02. The first kappa shape index (κ1) is 40.4. The first-order chi connectivity index (χ1) is 23.3. The van der Waals surface area contributed by atoms with Gasteiger partial charge in [-0.1, -0.05) is 20.8 Å². The van der Waals surface area contributed by atoms with Crippen LogP contribution in [0.2, 0.25) is 0 Å². The molecule has 4 unspecified atom stereocenters. The Morgan fingerprint density at radius 2 is 1.29 bits per heavy atom. The minimum Gasteiger partial charge on any atom is -0.378 e. The molecular formula is C39H78N6O3. The van der Waals surface area contributed by atoms with E-state index < -0.39 is 0 Å². The van der Waals surface area contributed by atoms with Crippen molar-refractivity contribution in [3.05, 3.63) is 0 Å². The molecule has 0 heterocycles. The third kappa shape index (κ3) is 9.94. The lowest BCUT2D eigenvalue weighted by atomic mass is 9.43. The molecule has 282 valence electrons. The molecule has 0 aromatic carbocycles. The zero-order valence-corrected chi connectivity index (χ0v) is 31.4. The van der Waals surface area contributed by atoms with Gasteiger partial charge in [0.2, 0.25) is 0 Å². The highest BCUT2D eigenvalue weighted by molar-refractivity contribution is 5.15. The van der Waals surface area contributed by atoms with Crippen molar-refractivity contribution in [1.29, 1.82) is 0 Å². The van der Waals surface area contributed by atoms with Gasteiger partial charge in [0, 0.05) is 25.2 Å². The highest BCUT2D eigenvalue weighted by Crippen LogP contribution is 2.69. The van der Waals surface area contributed by atoms with Gasteiger partial charge in [0.15, 0.2) is 0 Å². The van der Waals surface area contributed by atoms with Crippen LogP contribution in [0.1, 0.15) is 111 Å². The third-order valence-corrected chi connectivity index (χ3v) is 13.8. The Morgan fingerprint density at radius 1 is 0.667 bits per heavy atom. The van der Waals surface area contributed by atoms with E-state index in [0.717, 1.165) is 91.1 Å². The Balaban J connectivity index is 1.46. The van der Waals surface area contributed by atoms with Gasteiger partial charge in [-0.2, -0.15) is 0 Å². The predicted octanol–water partition coefficient (Wildman–Crippen LogP) is 4.40. The summed E-state index contributed by atoms with van der Waals surface area (Å²) in [7, 11) is 0. The summed E-state index contributed by atoms with van der Waals surface area (Å²) in [5.41, 5.74) is 23.8. The molecule has 4 rings (SSSR count). The molecule has 0 aliphatic heterocycles. The molecule has 0 saturated heterocycles. The summed E-state index contributed by atoms with van der Waals surface area (Å²) in [5.74, 6) is 3.83. The van der Waals surface area contributed by atoms with Gasteiger partial charge in [0.25, 0.3) is 0 Å². The van der Waals surface area contributed by atoms with Crippen LogP contribution >= 0.6 is 0 Å². The molecule has 0 bridgehead atoms. The fourth-order valence-electron chi connectivity index (χ4n) is 11.2. The Hall–Kier alpha value is -0.360. The zero-order chi connectivity index (χ0) is 34.4. The van der Waals surface area contributed by atoms with E-state index in [2.05, 4.69) is 31.4 Å².